The predicted octanol–water partition coefficient (Wildman–Crippen LogP) is 3.16. The Kier molecular flexibility index (Phi) is 6.87. The van der Waals surface area contributed by atoms with Crippen LogP contribution in [0.25, 0.3) is 0 Å². The summed E-state index contributed by atoms with van der Waals surface area (Å²) in [6.45, 7) is 6.57. The van der Waals surface area contributed by atoms with Gasteiger partial charge in [-0.1, -0.05) is 31.4 Å². The second-order valence-electron chi connectivity index (χ2n) is 4.98. The molecule has 1 rings (SSSR count). The van der Waals surface area contributed by atoms with Crippen LogP contribution in [-0.4, -0.2) is 31.0 Å². The third kappa shape index (κ3) is 5.05. The second kappa shape index (κ2) is 8.16. The monoisotopic (exact) mass is 296 g/mol. The van der Waals surface area contributed by atoms with Gasteiger partial charge in [-0.05, 0) is 36.1 Å². The van der Waals surface area contributed by atoms with Gasteiger partial charge in [0, 0.05) is 5.02 Å². The van der Waals surface area contributed by atoms with Crippen molar-refractivity contribution in [3.05, 3.63) is 28.3 Å². The smallest absolute Gasteiger partial charge is 0.123 e. The van der Waals surface area contributed by atoms with Gasteiger partial charge in [-0.25, -0.2) is 0 Å². The largest absolute Gasteiger partial charge is 0.490 e. The van der Waals surface area contributed by atoms with Gasteiger partial charge < -0.3 is 14.6 Å². The van der Waals surface area contributed by atoms with E-state index in [9.17, 15) is 5.11 Å². The van der Waals surface area contributed by atoms with Gasteiger partial charge in [0.05, 0.1) is 6.61 Å². The van der Waals surface area contributed by atoms with Crippen LogP contribution in [-0.2, 0) is 4.74 Å². The maximum absolute atomic E-state index is 9.75. The Morgan fingerprint density at radius 3 is 2.65 bits per heavy atom. The summed E-state index contributed by atoms with van der Waals surface area (Å²) in [6.07, 6.45) is 4.35. The number of hydrogen-bond acceptors (Lipinski definition) is 3. The molecular formula is C16H21ClO3. The van der Waals surface area contributed by atoms with Crippen molar-refractivity contribution in [2.75, 3.05) is 19.8 Å². The number of hydrogen-bond donors (Lipinski definition) is 1. The van der Waals surface area contributed by atoms with E-state index in [2.05, 4.69) is 19.8 Å². The molecule has 0 fully saturated rings. The molecule has 0 saturated heterocycles. The van der Waals surface area contributed by atoms with Crippen LogP contribution in [0.3, 0.4) is 0 Å². The molecule has 1 aromatic rings. The van der Waals surface area contributed by atoms with E-state index >= 15 is 0 Å². The maximum atomic E-state index is 9.75. The summed E-state index contributed by atoms with van der Waals surface area (Å²) in [7, 11) is 0. The standard InChI is InChI=1S/C16H21ClO3/c1-5-6-19-9-13(18)10-20-16-7-12(4)15(17)8-14(16)11(2)3/h1,7-8,11,13,18H,6,9-10H2,2-4H3. The zero-order chi connectivity index (χ0) is 15.1. The van der Waals surface area contributed by atoms with Gasteiger partial charge in [-0.3, -0.25) is 0 Å². The summed E-state index contributed by atoms with van der Waals surface area (Å²) in [4.78, 5) is 0. The highest BCUT2D eigenvalue weighted by Crippen LogP contribution is 2.32. The third-order valence-electron chi connectivity index (χ3n) is 2.84. The molecule has 0 aliphatic heterocycles. The Morgan fingerprint density at radius 1 is 1.35 bits per heavy atom. The van der Waals surface area contributed by atoms with E-state index in [0.717, 1.165) is 21.9 Å². The molecular weight excluding hydrogens is 276 g/mol. The van der Waals surface area contributed by atoms with Gasteiger partial charge >= 0.3 is 0 Å². The molecule has 0 bridgehead atoms. The first-order valence-electron chi connectivity index (χ1n) is 6.57. The molecule has 0 amide bonds. The molecule has 4 heteroatoms. The second-order valence-corrected chi connectivity index (χ2v) is 5.39. The number of benzene rings is 1. The Labute approximate surface area is 125 Å². The minimum Gasteiger partial charge on any atom is -0.490 e. The predicted molar refractivity (Wildman–Crippen MR) is 81.4 cm³/mol. The van der Waals surface area contributed by atoms with Crippen molar-refractivity contribution in [1.82, 2.24) is 0 Å². The van der Waals surface area contributed by atoms with Crippen LogP contribution < -0.4 is 4.74 Å². The fourth-order valence-corrected chi connectivity index (χ4v) is 1.91. The van der Waals surface area contributed by atoms with Crippen LogP contribution >= 0.6 is 11.6 Å². The number of aryl methyl sites for hydroxylation is 1. The number of ether oxygens (including phenoxy) is 2. The van der Waals surface area contributed by atoms with Crippen LogP contribution in [0.2, 0.25) is 5.02 Å². The van der Waals surface area contributed by atoms with Crippen molar-refractivity contribution in [3.63, 3.8) is 0 Å². The van der Waals surface area contributed by atoms with Crippen molar-refractivity contribution in [1.29, 1.82) is 0 Å². The van der Waals surface area contributed by atoms with E-state index in [4.69, 9.17) is 27.5 Å². The van der Waals surface area contributed by atoms with Gasteiger partial charge in [0.25, 0.3) is 0 Å². The average Bonchev–Trinajstić information content (AvgIpc) is 2.39. The fourth-order valence-electron chi connectivity index (χ4n) is 1.73. The highest BCUT2D eigenvalue weighted by atomic mass is 35.5. The molecule has 0 aromatic heterocycles. The number of rotatable bonds is 7. The van der Waals surface area contributed by atoms with E-state index < -0.39 is 6.10 Å². The van der Waals surface area contributed by atoms with Crippen LogP contribution in [0.1, 0.15) is 30.9 Å². The van der Waals surface area contributed by atoms with Gasteiger partial charge in [0.15, 0.2) is 0 Å². The minimum atomic E-state index is -0.709. The van der Waals surface area contributed by atoms with Crippen molar-refractivity contribution in [2.45, 2.75) is 32.8 Å². The van der Waals surface area contributed by atoms with Crippen LogP contribution in [0.15, 0.2) is 12.1 Å². The lowest BCUT2D eigenvalue weighted by atomic mass is 10.0. The first-order valence-corrected chi connectivity index (χ1v) is 6.95. The molecule has 20 heavy (non-hydrogen) atoms. The Hall–Kier alpha value is -1.21. The Bertz CT molecular complexity index is 477. The van der Waals surface area contributed by atoms with E-state index in [1.54, 1.807) is 0 Å². The van der Waals surface area contributed by atoms with Gasteiger partial charge in [0.2, 0.25) is 0 Å². The first kappa shape index (κ1) is 16.8. The average molecular weight is 297 g/mol. The molecule has 1 N–H and O–H groups in total. The molecule has 1 aromatic carbocycles. The number of aliphatic hydroxyl groups excluding tert-OH is 1. The van der Waals surface area contributed by atoms with Crippen LogP contribution in [0.4, 0.5) is 0 Å². The molecule has 0 aliphatic rings. The van der Waals surface area contributed by atoms with Crippen LogP contribution in [0, 0.1) is 19.3 Å². The van der Waals surface area contributed by atoms with E-state index in [-0.39, 0.29) is 25.7 Å². The summed E-state index contributed by atoms with van der Waals surface area (Å²) in [5, 5.41) is 10.5. The number of aliphatic hydroxyl groups is 1. The molecule has 0 heterocycles. The summed E-state index contributed by atoms with van der Waals surface area (Å²) >= 11 is 6.13. The summed E-state index contributed by atoms with van der Waals surface area (Å²) in [5.41, 5.74) is 1.97. The fraction of sp³-hybridized carbons (Fsp3) is 0.500. The normalized spacial score (nSPS) is 12.2. The third-order valence-corrected chi connectivity index (χ3v) is 3.25. The van der Waals surface area contributed by atoms with Gasteiger partial charge in [-0.15, -0.1) is 6.42 Å². The van der Waals surface area contributed by atoms with Gasteiger partial charge in [-0.2, -0.15) is 0 Å². The quantitative estimate of drug-likeness (QED) is 0.620. The zero-order valence-electron chi connectivity index (χ0n) is 12.1. The molecule has 0 aliphatic carbocycles. The summed E-state index contributed by atoms with van der Waals surface area (Å²) in [6, 6.07) is 3.81. The Morgan fingerprint density at radius 2 is 2.05 bits per heavy atom. The van der Waals surface area contributed by atoms with Crippen molar-refractivity contribution < 1.29 is 14.6 Å². The summed E-state index contributed by atoms with van der Waals surface area (Å²) < 4.78 is 10.8. The highest BCUT2D eigenvalue weighted by molar-refractivity contribution is 6.31. The molecule has 1 unspecified atom stereocenters. The summed E-state index contributed by atoms with van der Waals surface area (Å²) in [5.74, 6) is 3.38. The molecule has 1 atom stereocenters. The molecule has 3 nitrogen and oxygen atoms in total. The highest BCUT2D eigenvalue weighted by Gasteiger charge is 2.13. The van der Waals surface area contributed by atoms with E-state index in [0.29, 0.717) is 0 Å². The molecule has 0 saturated carbocycles. The topological polar surface area (TPSA) is 38.7 Å². The lowest BCUT2D eigenvalue weighted by Gasteiger charge is -2.18. The maximum Gasteiger partial charge on any atom is 0.123 e. The lowest BCUT2D eigenvalue weighted by molar-refractivity contribution is 0.0226. The van der Waals surface area contributed by atoms with Gasteiger partial charge in [0.1, 0.15) is 25.1 Å². The van der Waals surface area contributed by atoms with E-state index in [1.807, 2.05) is 19.1 Å². The lowest BCUT2D eigenvalue weighted by Crippen LogP contribution is -2.24. The van der Waals surface area contributed by atoms with Crippen molar-refractivity contribution in [2.24, 2.45) is 0 Å². The van der Waals surface area contributed by atoms with Crippen molar-refractivity contribution >= 4 is 11.6 Å². The van der Waals surface area contributed by atoms with E-state index in [1.165, 1.54) is 0 Å². The molecule has 110 valence electrons. The number of terminal acetylenes is 1. The Balaban J connectivity index is 2.67. The SMILES string of the molecule is C#CCOCC(O)COc1cc(C)c(Cl)cc1C(C)C. The molecule has 0 radical (unpaired) electrons. The molecule has 0 spiro atoms. The first-order chi connectivity index (χ1) is 9.45. The zero-order valence-corrected chi connectivity index (χ0v) is 12.9. The van der Waals surface area contributed by atoms with Crippen molar-refractivity contribution in [3.8, 4) is 18.1 Å². The minimum absolute atomic E-state index is 0.158. The van der Waals surface area contributed by atoms with Crippen LogP contribution in [0.5, 0.6) is 5.75 Å². The number of halogens is 1.